The van der Waals surface area contributed by atoms with Crippen LogP contribution >= 0.6 is 0 Å². The fourth-order valence-electron chi connectivity index (χ4n) is 2.60. The molecule has 1 aliphatic heterocycles. The number of rotatable bonds is 3. The normalized spacial score (nSPS) is 15.5. The van der Waals surface area contributed by atoms with Gasteiger partial charge in [-0.2, -0.15) is 0 Å². The number of aliphatic imine (C=N–C) groups is 1. The molecule has 1 amide bonds. The quantitative estimate of drug-likeness (QED) is 0.744. The first-order valence-corrected chi connectivity index (χ1v) is 8.08. The molecule has 126 valence electrons. The van der Waals surface area contributed by atoms with Gasteiger partial charge in [0.2, 0.25) is 0 Å². The minimum atomic E-state index is -0.287. The number of carbonyl (C=O) groups is 1. The van der Waals surface area contributed by atoms with Gasteiger partial charge in [0.05, 0.1) is 5.69 Å². The third-order valence-corrected chi connectivity index (χ3v) is 3.81. The topological polar surface area (TPSA) is 70.5 Å². The lowest BCUT2D eigenvalue weighted by Crippen LogP contribution is -2.50. The number of hydrogen-bond acceptors (Lipinski definition) is 5. The smallest absolute Gasteiger partial charge is 0.266 e. The maximum absolute atomic E-state index is 12.6. The summed E-state index contributed by atoms with van der Waals surface area (Å²) in [7, 11) is 0. The molecule has 0 aliphatic carbocycles. The maximum Gasteiger partial charge on any atom is 0.288 e. The number of nitrogens with zero attached hydrogens (tertiary/aromatic N) is 4. The van der Waals surface area contributed by atoms with Gasteiger partial charge in [0.25, 0.3) is 5.91 Å². The van der Waals surface area contributed by atoms with Crippen LogP contribution in [0.25, 0.3) is 6.08 Å². The van der Waals surface area contributed by atoms with Crippen molar-refractivity contribution >= 4 is 23.5 Å². The minimum Gasteiger partial charge on any atom is -0.266 e. The second kappa shape index (κ2) is 6.98. The highest BCUT2D eigenvalue weighted by atomic mass is 16.2. The first-order valence-electron chi connectivity index (χ1n) is 8.08. The van der Waals surface area contributed by atoms with E-state index in [4.69, 9.17) is 0 Å². The average Bonchev–Trinajstić information content (AvgIpc) is 2.71. The van der Waals surface area contributed by atoms with Crippen molar-refractivity contribution < 1.29 is 4.79 Å². The van der Waals surface area contributed by atoms with Crippen LogP contribution in [0.5, 0.6) is 0 Å². The van der Waals surface area contributed by atoms with Crippen LogP contribution in [-0.4, -0.2) is 21.7 Å². The minimum absolute atomic E-state index is 0.287. The Bertz CT molecular complexity index is 969. The van der Waals surface area contributed by atoms with Crippen molar-refractivity contribution in [1.82, 2.24) is 15.4 Å². The van der Waals surface area contributed by atoms with Gasteiger partial charge in [-0.15, -0.1) is 0 Å². The lowest BCUT2D eigenvalue weighted by Gasteiger charge is -2.30. The van der Waals surface area contributed by atoms with Crippen LogP contribution < -0.4 is 10.4 Å². The highest BCUT2D eigenvalue weighted by Gasteiger charge is 2.26. The molecule has 0 bridgehead atoms. The van der Waals surface area contributed by atoms with E-state index in [1.54, 1.807) is 35.9 Å². The number of hydrogen-bond donors (Lipinski definition) is 1. The molecule has 6 nitrogen and oxygen atoms in total. The van der Waals surface area contributed by atoms with E-state index >= 15 is 0 Å². The summed E-state index contributed by atoms with van der Waals surface area (Å²) in [5.41, 5.74) is 5.62. The summed E-state index contributed by atoms with van der Waals surface area (Å²) < 4.78 is 0. The second-order valence-corrected chi connectivity index (χ2v) is 5.60. The third-order valence-electron chi connectivity index (χ3n) is 3.81. The van der Waals surface area contributed by atoms with Crippen molar-refractivity contribution in [3.63, 3.8) is 0 Å². The molecule has 0 unspecified atom stereocenters. The predicted octanol–water partition coefficient (Wildman–Crippen LogP) is 2.82. The summed E-state index contributed by atoms with van der Waals surface area (Å²) in [6, 6.07) is 17.0. The van der Waals surface area contributed by atoms with Crippen LogP contribution in [-0.2, 0) is 4.79 Å². The molecule has 1 aliphatic rings. The van der Waals surface area contributed by atoms with Crippen LogP contribution in [0.15, 0.2) is 90.1 Å². The number of nitrogens with one attached hydrogen (secondary N) is 1. The standard InChI is InChI=1S/C20H15N5O/c26-20-18(12-15-6-4-10-21-13-15)23-19(16-7-5-11-22-14-16)25(24-20)17-8-2-1-3-9-17/h1-14H,(H,24,26)/b18-12+. The van der Waals surface area contributed by atoms with Crippen molar-refractivity contribution in [3.05, 3.63) is 96.2 Å². The maximum atomic E-state index is 12.6. The number of para-hydroxylation sites is 1. The molecule has 0 fully saturated rings. The summed E-state index contributed by atoms with van der Waals surface area (Å²) in [5.74, 6) is 0.310. The molecule has 3 aromatic rings. The SMILES string of the molecule is O=C1NN(c2ccccc2)C(c2cccnc2)=N/C1=C/c1cccnc1. The fraction of sp³-hybridized carbons (Fsp3) is 0. The number of amides is 1. The molecular weight excluding hydrogens is 326 g/mol. The van der Waals surface area contributed by atoms with Crippen LogP contribution in [0.4, 0.5) is 5.69 Å². The van der Waals surface area contributed by atoms with Crippen molar-refractivity contribution in [1.29, 1.82) is 0 Å². The number of benzene rings is 1. The summed E-state index contributed by atoms with van der Waals surface area (Å²) in [6.07, 6.45) is 8.49. The molecule has 4 rings (SSSR count). The molecular formula is C20H15N5O. The van der Waals surface area contributed by atoms with Gasteiger partial charge in [-0.1, -0.05) is 24.3 Å². The number of amidine groups is 1. The van der Waals surface area contributed by atoms with Crippen molar-refractivity contribution in [2.45, 2.75) is 0 Å². The van der Waals surface area contributed by atoms with Crippen LogP contribution in [0, 0.1) is 0 Å². The molecule has 1 aromatic carbocycles. The largest absolute Gasteiger partial charge is 0.288 e. The average molecular weight is 341 g/mol. The van der Waals surface area contributed by atoms with Gasteiger partial charge in [-0.25, -0.2) is 10.0 Å². The van der Waals surface area contributed by atoms with Crippen molar-refractivity contribution in [3.8, 4) is 0 Å². The molecule has 6 heteroatoms. The molecule has 0 spiro atoms. The van der Waals surface area contributed by atoms with Crippen LogP contribution in [0.3, 0.4) is 0 Å². The number of pyridine rings is 2. The molecule has 0 saturated carbocycles. The van der Waals surface area contributed by atoms with E-state index in [9.17, 15) is 4.79 Å². The zero-order valence-corrected chi connectivity index (χ0v) is 13.8. The zero-order valence-electron chi connectivity index (χ0n) is 13.8. The Morgan fingerprint density at radius 1 is 0.885 bits per heavy atom. The summed E-state index contributed by atoms with van der Waals surface area (Å²) in [6.45, 7) is 0. The number of carbonyl (C=O) groups excluding carboxylic acids is 1. The Morgan fingerprint density at radius 3 is 2.35 bits per heavy atom. The zero-order chi connectivity index (χ0) is 17.8. The van der Waals surface area contributed by atoms with E-state index in [1.807, 2.05) is 54.6 Å². The summed E-state index contributed by atoms with van der Waals surface area (Å²) in [4.78, 5) is 25.4. The van der Waals surface area contributed by atoms with Crippen LogP contribution in [0.2, 0.25) is 0 Å². The molecule has 3 heterocycles. The third kappa shape index (κ3) is 3.21. The Balaban J connectivity index is 1.82. The lowest BCUT2D eigenvalue weighted by atomic mass is 10.2. The van der Waals surface area contributed by atoms with E-state index < -0.39 is 0 Å². The first-order chi connectivity index (χ1) is 12.8. The molecule has 0 atom stereocenters. The Morgan fingerprint density at radius 2 is 1.65 bits per heavy atom. The van der Waals surface area contributed by atoms with E-state index in [1.165, 1.54) is 0 Å². The number of hydrazine groups is 1. The Labute approximate surface area is 150 Å². The molecule has 26 heavy (non-hydrogen) atoms. The highest BCUT2D eigenvalue weighted by molar-refractivity contribution is 6.17. The fourth-order valence-corrected chi connectivity index (χ4v) is 2.60. The van der Waals surface area contributed by atoms with Crippen LogP contribution in [0.1, 0.15) is 11.1 Å². The Hall–Kier alpha value is -3.80. The molecule has 2 aromatic heterocycles. The van der Waals surface area contributed by atoms with Gasteiger partial charge in [0.1, 0.15) is 5.70 Å². The van der Waals surface area contributed by atoms with Crippen molar-refractivity contribution in [2.75, 3.05) is 5.01 Å². The monoisotopic (exact) mass is 341 g/mol. The van der Waals surface area contributed by atoms with Gasteiger partial charge < -0.3 is 0 Å². The predicted molar refractivity (Wildman–Crippen MR) is 100 cm³/mol. The Kier molecular flexibility index (Phi) is 4.22. The lowest BCUT2D eigenvalue weighted by molar-refractivity contribution is -0.117. The summed E-state index contributed by atoms with van der Waals surface area (Å²) in [5, 5.41) is 1.67. The van der Waals surface area contributed by atoms with E-state index in [-0.39, 0.29) is 5.91 Å². The van der Waals surface area contributed by atoms with Gasteiger partial charge in [-0.3, -0.25) is 20.2 Å². The van der Waals surface area contributed by atoms with Crippen molar-refractivity contribution in [2.24, 2.45) is 4.99 Å². The number of anilines is 1. The molecule has 0 radical (unpaired) electrons. The van der Waals surface area contributed by atoms with E-state index in [0.29, 0.717) is 11.5 Å². The second-order valence-electron chi connectivity index (χ2n) is 5.60. The summed E-state index contributed by atoms with van der Waals surface area (Å²) >= 11 is 0. The highest BCUT2D eigenvalue weighted by Crippen LogP contribution is 2.21. The number of aromatic nitrogens is 2. The van der Waals surface area contributed by atoms with E-state index in [2.05, 4.69) is 20.4 Å². The van der Waals surface area contributed by atoms with Gasteiger partial charge in [0, 0.05) is 30.4 Å². The van der Waals surface area contributed by atoms with Gasteiger partial charge >= 0.3 is 0 Å². The first kappa shape index (κ1) is 15.7. The molecule has 0 saturated heterocycles. The van der Waals surface area contributed by atoms with E-state index in [0.717, 1.165) is 16.8 Å². The van der Waals surface area contributed by atoms with Gasteiger partial charge in [0.15, 0.2) is 5.84 Å². The van der Waals surface area contributed by atoms with Gasteiger partial charge in [-0.05, 0) is 42.0 Å². The molecule has 1 N–H and O–H groups in total.